The van der Waals surface area contributed by atoms with Crippen LogP contribution in [0.2, 0.25) is 0 Å². The smallest absolute Gasteiger partial charge is 0.282 e. The number of carbonyl (C=O) groups is 1. The molecule has 1 amide bonds. The van der Waals surface area contributed by atoms with Crippen LogP contribution in [0.4, 0.5) is 0 Å². The molecule has 136 valence electrons. The molecule has 4 heterocycles. The molecule has 3 aliphatic rings. The van der Waals surface area contributed by atoms with E-state index in [9.17, 15) is 4.79 Å². The molecule has 0 spiro atoms. The molecule has 0 saturated carbocycles. The second-order valence-corrected chi connectivity index (χ2v) is 6.75. The van der Waals surface area contributed by atoms with Crippen LogP contribution < -0.4 is 5.32 Å². The summed E-state index contributed by atoms with van der Waals surface area (Å²) in [6, 6.07) is 13.2. The lowest BCUT2D eigenvalue weighted by molar-refractivity contribution is -0.519. The van der Waals surface area contributed by atoms with Crippen molar-refractivity contribution in [2.75, 3.05) is 0 Å². The van der Waals surface area contributed by atoms with Crippen LogP contribution in [0, 0.1) is 0 Å². The van der Waals surface area contributed by atoms with Gasteiger partial charge in [0.15, 0.2) is 5.84 Å². The van der Waals surface area contributed by atoms with Crippen molar-refractivity contribution in [2.24, 2.45) is 9.98 Å². The number of amides is 1. The van der Waals surface area contributed by atoms with E-state index < -0.39 is 0 Å². The highest BCUT2D eigenvalue weighted by Gasteiger charge is 2.37. The van der Waals surface area contributed by atoms with Gasteiger partial charge in [-0.1, -0.05) is 30.3 Å². The Balaban J connectivity index is 1.63. The number of allylic oxidation sites excluding steroid dienone is 1. The van der Waals surface area contributed by atoms with Crippen molar-refractivity contribution in [3.63, 3.8) is 0 Å². The number of amidine groups is 1. The predicted octanol–water partition coefficient (Wildman–Crippen LogP) is 2.86. The minimum absolute atomic E-state index is 0.232. The quantitative estimate of drug-likeness (QED) is 0.647. The van der Waals surface area contributed by atoms with Crippen molar-refractivity contribution >= 4 is 40.8 Å². The van der Waals surface area contributed by atoms with E-state index in [1.165, 1.54) is 4.90 Å². The van der Waals surface area contributed by atoms with Crippen molar-refractivity contribution in [1.82, 2.24) is 4.90 Å². The van der Waals surface area contributed by atoms with E-state index in [1.54, 1.807) is 36.0 Å². The lowest BCUT2D eigenvalue weighted by atomic mass is 10.1. The predicted molar refractivity (Wildman–Crippen MR) is 107 cm³/mol. The number of halogens is 1. The lowest BCUT2D eigenvalue weighted by Crippen LogP contribution is -2.72. The Kier molecular flexibility index (Phi) is 3.93. The average Bonchev–Trinajstić information content (AvgIpc) is 3.45. The standard InChI is InChI=1S/C21H13ClN4O2/c22-18-9-14(11-23-18)19-20-25-16(10-15-7-4-8-28-15)21(27)26(20)12-17(24-19)13-5-2-1-3-6-13/h1-12,23H/p+1/b16-10-. The van der Waals surface area contributed by atoms with E-state index in [0.717, 1.165) is 11.1 Å². The third-order valence-electron chi connectivity index (χ3n) is 4.47. The fourth-order valence-corrected chi connectivity index (χ4v) is 3.33. The van der Waals surface area contributed by atoms with Gasteiger partial charge in [0.1, 0.15) is 23.4 Å². The summed E-state index contributed by atoms with van der Waals surface area (Å²) in [6.07, 6.45) is 8.58. The zero-order chi connectivity index (χ0) is 19.1. The van der Waals surface area contributed by atoms with E-state index in [4.69, 9.17) is 21.0 Å². The number of hydrogen-bond donors (Lipinski definition) is 1. The third kappa shape index (κ3) is 2.85. The Morgan fingerprint density at radius 2 is 1.96 bits per heavy atom. The molecular weight excluding hydrogens is 376 g/mol. The molecule has 1 aromatic heterocycles. The minimum Gasteiger partial charge on any atom is -0.465 e. The molecule has 5 rings (SSSR count). The molecule has 0 fully saturated rings. The van der Waals surface area contributed by atoms with Crippen molar-refractivity contribution in [3.05, 3.63) is 95.0 Å². The largest absolute Gasteiger partial charge is 0.465 e. The van der Waals surface area contributed by atoms with Gasteiger partial charge in [-0.15, -0.1) is 0 Å². The summed E-state index contributed by atoms with van der Waals surface area (Å²) in [5.41, 5.74) is 3.29. The Labute approximate surface area is 165 Å². The molecule has 6 nitrogen and oxygen atoms in total. The monoisotopic (exact) mass is 389 g/mol. The minimum atomic E-state index is -0.232. The third-order valence-corrected chi connectivity index (χ3v) is 4.70. The first-order valence-corrected chi connectivity index (χ1v) is 9.03. The first-order valence-electron chi connectivity index (χ1n) is 8.65. The Hall–Kier alpha value is -3.48. The number of rotatable bonds is 3. The summed E-state index contributed by atoms with van der Waals surface area (Å²) >= 11 is 6.11. The summed E-state index contributed by atoms with van der Waals surface area (Å²) in [5.74, 6) is 0.810. The molecule has 0 saturated heterocycles. The van der Waals surface area contributed by atoms with E-state index in [-0.39, 0.29) is 5.91 Å². The fraction of sp³-hybridized carbons (Fsp3) is 0. The van der Waals surface area contributed by atoms with Gasteiger partial charge in [-0.3, -0.25) is 15.0 Å². The molecule has 3 aliphatic heterocycles. The fourth-order valence-electron chi connectivity index (χ4n) is 3.15. The average molecular weight is 390 g/mol. The van der Waals surface area contributed by atoms with Crippen LogP contribution in [0.25, 0.3) is 11.8 Å². The molecule has 28 heavy (non-hydrogen) atoms. The highest BCUT2D eigenvalue weighted by molar-refractivity contribution is 6.54. The summed E-state index contributed by atoms with van der Waals surface area (Å²) in [5, 5.41) is 2.40. The van der Waals surface area contributed by atoms with Gasteiger partial charge < -0.3 is 4.42 Å². The van der Waals surface area contributed by atoms with Crippen LogP contribution in [0.1, 0.15) is 11.3 Å². The molecule has 7 heteroatoms. The van der Waals surface area contributed by atoms with Crippen LogP contribution in [0.3, 0.4) is 0 Å². The van der Waals surface area contributed by atoms with E-state index in [1.807, 2.05) is 42.6 Å². The Morgan fingerprint density at radius 3 is 2.68 bits per heavy atom. The molecule has 2 aromatic rings. The van der Waals surface area contributed by atoms with Crippen molar-refractivity contribution < 1.29 is 14.5 Å². The molecule has 0 radical (unpaired) electrons. The molecule has 0 atom stereocenters. The second-order valence-electron chi connectivity index (χ2n) is 6.31. The lowest BCUT2D eigenvalue weighted by Gasteiger charge is -2.21. The van der Waals surface area contributed by atoms with Crippen molar-refractivity contribution in [1.29, 1.82) is 0 Å². The van der Waals surface area contributed by atoms with Gasteiger partial charge in [0.05, 0.1) is 17.5 Å². The van der Waals surface area contributed by atoms with Gasteiger partial charge >= 0.3 is 0 Å². The number of fused-ring (bicyclic) bond motifs is 1. The highest BCUT2D eigenvalue weighted by atomic mass is 35.5. The summed E-state index contributed by atoms with van der Waals surface area (Å²) in [4.78, 5) is 23.9. The normalized spacial score (nSPS) is 19.9. The Bertz CT molecular complexity index is 1150. The summed E-state index contributed by atoms with van der Waals surface area (Å²) in [6.45, 7) is 0. The van der Waals surface area contributed by atoms with E-state index in [0.29, 0.717) is 33.9 Å². The zero-order valence-corrected chi connectivity index (χ0v) is 15.3. The van der Waals surface area contributed by atoms with Crippen molar-refractivity contribution in [2.45, 2.75) is 0 Å². The summed E-state index contributed by atoms with van der Waals surface area (Å²) < 4.78 is 5.32. The Morgan fingerprint density at radius 1 is 1.11 bits per heavy atom. The van der Waals surface area contributed by atoms with Crippen LogP contribution in [-0.2, 0) is 4.79 Å². The number of hydrogen-bond acceptors (Lipinski definition) is 4. The zero-order valence-electron chi connectivity index (χ0n) is 14.5. The second kappa shape index (κ2) is 6.60. The number of aliphatic imine (C=N–C) groups is 2. The van der Waals surface area contributed by atoms with E-state index in [2.05, 4.69) is 4.99 Å². The highest BCUT2D eigenvalue weighted by Crippen LogP contribution is 2.30. The molecule has 0 bridgehead atoms. The van der Waals surface area contributed by atoms with Gasteiger partial charge in [-0.05, 0) is 23.7 Å². The van der Waals surface area contributed by atoms with Gasteiger partial charge in [0.2, 0.25) is 5.16 Å². The molecular formula is C21H14ClN4O2+. The number of carbonyl (C=O) groups excluding carboxylic acids is 1. The molecule has 0 aliphatic carbocycles. The molecule has 0 unspecified atom stereocenters. The number of quaternary nitrogens is 1. The topological polar surface area (TPSA) is 74.8 Å². The van der Waals surface area contributed by atoms with Gasteiger partial charge in [0.25, 0.3) is 5.91 Å². The number of benzene rings is 1. The number of nitrogens with two attached hydrogens (primary N) is 1. The summed E-state index contributed by atoms with van der Waals surface area (Å²) in [7, 11) is 0. The SMILES string of the molecule is O=C1/C(=C/c2ccco2)N=C2C(C3=C[NH2+]C(Cl)=C3)=NC(c3ccccc3)=CN12. The van der Waals surface area contributed by atoms with Gasteiger partial charge in [0, 0.05) is 23.9 Å². The molecule has 2 N–H and O–H groups in total. The van der Waals surface area contributed by atoms with Crippen LogP contribution in [0.5, 0.6) is 0 Å². The first-order chi connectivity index (χ1) is 13.7. The van der Waals surface area contributed by atoms with Gasteiger partial charge in [-0.2, -0.15) is 0 Å². The van der Waals surface area contributed by atoms with E-state index >= 15 is 0 Å². The first kappa shape index (κ1) is 16.7. The number of nitrogens with zero attached hydrogens (tertiary/aromatic N) is 3. The van der Waals surface area contributed by atoms with Crippen LogP contribution >= 0.6 is 11.6 Å². The van der Waals surface area contributed by atoms with Crippen LogP contribution in [0.15, 0.2) is 98.0 Å². The maximum absolute atomic E-state index is 13.0. The maximum Gasteiger partial charge on any atom is 0.282 e. The van der Waals surface area contributed by atoms with Gasteiger partial charge in [-0.25, -0.2) is 9.98 Å². The van der Waals surface area contributed by atoms with Crippen molar-refractivity contribution in [3.8, 4) is 0 Å². The maximum atomic E-state index is 13.0. The van der Waals surface area contributed by atoms with Crippen LogP contribution in [-0.4, -0.2) is 22.4 Å². The molecule has 1 aromatic carbocycles. The number of furan rings is 1.